The van der Waals surface area contributed by atoms with Gasteiger partial charge in [0.15, 0.2) is 5.82 Å². The van der Waals surface area contributed by atoms with Crippen LogP contribution in [0.25, 0.3) is 0 Å². The second-order valence-electron chi connectivity index (χ2n) is 6.43. The largest absolute Gasteiger partial charge is 0.351 e. The molecule has 1 aliphatic heterocycles. The maximum atomic E-state index is 4.45. The van der Waals surface area contributed by atoms with Crippen LogP contribution in [-0.2, 0) is 5.41 Å². The van der Waals surface area contributed by atoms with Crippen LogP contribution in [0.4, 0.5) is 5.82 Å². The zero-order chi connectivity index (χ0) is 13.9. The highest BCUT2D eigenvalue weighted by Crippen LogP contribution is 2.24. The molecule has 1 unspecified atom stereocenters. The second kappa shape index (κ2) is 5.87. The summed E-state index contributed by atoms with van der Waals surface area (Å²) in [6, 6.07) is 4.79. The summed E-state index contributed by atoms with van der Waals surface area (Å²) in [5, 5.41) is 12.1. The molecule has 1 saturated heterocycles. The van der Waals surface area contributed by atoms with E-state index in [1.807, 2.05) is 7.05 Å². The Bertz CT molecular complexity index is 392. The zero-order valence-corrected chi connectivity index (χ0v) is 12.6. The van der Waals surface area contributed by atoms with Gasteiger partial charge in [0.25, 0.3) is 0 Å². The molecule has 1 aromatic heterocycles. The number of anilines is 1. The lowest BCUT2D eigenvalue weighted by Gasteiger charge is -2.36. The maximum Gasteiger partial charge on any atom is 0.151 e. The first-order valence-electron chi connectivity index (χ1n) is 7.28. The summed E-state index contributed by atoms with van der Waals surface area (Å²) in [7, 11) is 2.02. The number of hydrogen-bond acceptors (Lipinski definition) is 4. The van der Waals surface area contributed by atoms with Crippen molar-refractivity contribution in [2.75, 3.05) is 25.0 Å². The van der Waals surface area contributed by atoms with Crippen molar-refractivity contribution in [1.29, 1.82) is 0 Å². The third-order valence-electron chi connectivity index (χ3n) is 3.78. The van der Waals surface area contributed by atoms with Gasteiger partial charge >= 0.3 is 0 Å². The Morgan fingerprint density at radius 1 is 1.26 bits per heavy atom. The SMILES string of the molecule is CNCC1CCCCN1c1ccc(C(C)(C)C)nn1. The van der Waals surface area contributed by atoms with Crippen LogP contribution in [0.3, 0.4) is 0 Å². The first-order chi connectivity index (χ1) is 9.02. The average Bonchev–Trinajstić information content (AvgIpc) is 2.39. The predicted molar refractivity (Wildman–Crippen MR) is 79.6 cm³/mol. The topological polar surface area (TPSA) is 41.0 Å². The minimum atomic E-state index is 0.0673. The molecule has 0 saturated carbocycles. The number of piperidine rings is 1. The minimum absolute atomic E-state index is 0.0673. The van der Waals surface area contributed by atoms with Crippen molar-refractivity contribution in [2.45, 2.75) is 51.5 Å². The lowest BCUT2D eigenvalue weighted by molar-refractivity contribution is 0.441. The van der Waals surface area contributed by atoms with E-state index < -0.39 is 0 Å². The predicted octanol–water partition coefficient (Wildman–Crippen LogP) is 2.35. The fourth-order valence-corrected chi connectivity index (χ4v) is 2.63. The quantitative estimate of drug-likeness (QED) is 0.908. The molecule has 0 aromatic carbocycles. The normalized spacial score (nSPS) is 20.6. The van der Waals surface area contributed by atoms with E-state index in [0.29, 0.717) is 6.04 Å². The number of aromatic nitrogens is 2. The fourth-order valence-electron chi connectivity index (χ4n) is 2.63. The van der Waals surface area contributed by atoms with Crippen LogP contribution >= 0.6 is 0 Å². The third kappa shape index (κ3) is 3.44. The Balaban J connectivity index is 2.15. The van der Waals surface area contributed by atoms with Gasteiger partial charge in [-0.3, -0.25) is 0 Å². The summed E-state index contributed by atoms with van der Waals surface area (Å²) in [5.74, 6) is 1.02. The van der Waals surface area contributed by atoms with E-state index in [0.717, 1.165) is 24.6 Å². The van der Waals surface area contributed by atoms with Crippen molar-refractivity contribution in [2.24, 2.45) is 0 Å². The minimum Gasteiger partial charge on any atom is -0.351 e. The van der Waals surface area contributed by atoms with Crippen molar-refractivity contribution in [3.05, 3.63) is 17.8 Å². The van der Waals surface area contributed by atoms with Crippen LogP contribution in [-0.4, -0.2) is 36.4 Å². The summed E-state index contributed by atoms with van der Waals surface area (Å²) in [6.07, 6.45) is 3.81. The van der Waals surface area contributed by atoms with E-state index in [1.54, 1.807) is 0 Å². The lowest BCUT2D eigenvalue weighted by Crippen LogP contribution is -2.45. The lowest BCUT2D eigenvalue weighted by atomic mass is 9.92. The van der Waals surface area contributed by atoms with Gasteiger partial charge < -0.3 is 10.2 Å². The molecule has 1 atom stereocenters. The number of nitrogens with one attached hydrogen (secondary N) is 1. The molecule has 2 rings (SSSR count). The summed E-state index contributed by atoms with van der Waals surface area (Å²) in [5.41, 5.74) is 1.12. The van der Waals surface area contributed by atoms with Crippen molar-refractivity contribution >= 4 is 5.82 Å². The smallest absolute Gasteiger partial charge is 0.151 e. The molecule has 0 aliphatic carbocycles. The second-order valence-corrected chi connectivity index (χ2v) is 6.43. The Morgan fingerprint density at radius 2 is 2.05 bits per heavy atom. The van der Waals surface area contributed by atoms with Gasteiger partial charge in [-0.05, 0) is 38.4 Å². The molecule has 0 bridgehead atoms. The Kier molecular flexibility index (Phi) is 4.40. The van der Waals surface area contributed by atoms with Crippen LogP contribution in [0.2, 0.25) is 0 Å². The number of nitrogens with zero attached hydrogens (tertiary/aromatic N) is 3. The highest BCUT2D eigenvalue weighted by Gasteiger charge is 2.24. The maximum absolute atomic E-state index is 4.45. The Morgan fingerprint density at radius 3 is 2.63 bits per heavy atom. The molecule has 4 nitrogen and oxygen atoms in total. The summed E-state index contributed by atoms with van der Waals surface area (Å²) >= 11 is 0. The van der Waals surface area contributed by atoms with E-state index in [2.05, 4.69) is 53.3 Å². The molecule has 1 fully saturated rings. The molecule has 0 amide bonds. The van der Waals surface area contributed by atoms with Crippen LogP contribution in [0, 0.1) is 0 Å². The highest BCUT2D eigenvalue weighted by molar-refractivity contribution is 5.40. The summed E-state index contributed by atoms with van der Waals surface area (Å²) in [4.78, 5) is 2.40. The van der Waals surface area contributed by atoms with Crippen LogP contribution in [0.15, 0.2) is 12.1 Å². The first kappa shape index (κ1) is 14.3. The summed E-state index contributed by atoms with van der Waals surface area (Å²) in [6.45, 7) is 8.61. The van der Waals surface area contributed by atoms with Crippen LogP contribution in [0.1, 0.15) is 45.7 Å². The van der Waals surface area contributed by atoms with E-state index in [9.17, 15) is 0 Å². The standard InChI is InChI=1S/C15H26N4/c1-15(2,3)13-8-9-14(18-17-13)19-10-6-5-7-12(19)11-16-4/h8-9,12,16H,5-7,10-11H2,1-4H3. The molecule has 2 heterocycles. The molecule has 106 valence electrons. The van der Waals surface area contributed by atoms with Crippen LogP contribution in [0.5, 0.6) is 0 Å². The average molecular weight is 262 g/mol. The van der Waals surface area contributed by atoms with E-state index in [1.165, 1.54) is 19.3 Å². The molecule has 1 aliphatic rings. The molecular formula is C15H26N4. The Hall–Kier alpha value is -1.16. The van der Waals surface area contributed by atoms with Gasteiger partial charge in [-0.15, -0.1) is 5.10 Å². The number of likely N-dealkylation sites (N-methyl/N-ethyl adjacent to an activating group) is 1. The van der Waals surface area contributed by atoms with Crippen molar-refractivity contribution in [3.63, 3.8) is 0 Å². The molecule has 1 N–H and O–H groups in total. The van der Waals surface area contributed by atoms with Gasteiger partial charge in [-0.1, -0.05) is 20.8 Å². The zero-order valence-electron chi connectivity index (χ0n) is 12.6. The van der Waals surface area contributed by atoms with Gasteiger partial charge in [0, 0.05) is 24.5 Å². The highest BCUT2D eigenvalue weighted by atomic mass is 15.3. The van der Waals surface area contributed by atoms with Crippen molar-refractivity contribution < 1.29 is 0 Å². The van der Waals surface area contributed by atoms with E-state index in [4.69, 9.17) is 0 Å². The molecule has 0 radical (unpaired) electrons. The van der Waals surface area contributed by atoms with Crippen molar-refractivity contribution in [3.8, 4) is 0 Å². The molecular weight excluding hydrogens is 236 g/mol. The van der Waals surface area contributed by atoms with Gasteiger partial charge in [0.1, 0.15) is 0 Å². The van der Waals surface area contributed by atoms with Gasteiger partial charge in [-0.25, -0.2) is 0 Å². The molecule has 19 heavy (non-hydrogen) atoms. The van der Waals surface area contributed by atoms with Crippen LogP contribution < -0.4 is 10.2 Å². The van der Waals surface area contributed by atoms with Gasteiger partial charge in [0.2, 0.25) is 0 Å². The monoisotopic (exact) mass is 262 g/mol. The van der Waals surface area contributed by atoms with Gasteiger partial charge in [0.05, 0.1) is 5.69 Å². The number of rotatable bonds is 3. The fraction of sp³-hybridized carbons (Fsp3) is 0.733. The molecule has 1 aromatic rings. The number of hydrogen-bond donors (Lipinski definition) is 1. The first-order valence-corrected chi connectivity index (χ1v) is 7.28. The van der Waals surface area contributed by atoms with Crippen molar-refractivity contribution in [1.82, 2.24) is 15.5 Å². The van der Waals surface area contributed by atoms with E-state index in [-0.39, 0.29) is 5.41 Å². The molecule has 4 heteroatoms. The molecule has 0 spiro atoms. The van der Waals surface area contributed by atoms with E-state index >= 15 is 0 Å². The third-order valence-corrected chi connectivity index (χ3v) is 3.78. The van der Waals surface area contributed by atoms with Gasteiger partial charge in [-0.2, -0.15) is 5.10 Å². The Labute approximate surface area is 116 Å². The summed E-state index contributed by atoms with van der Waals surface area (Å²) < 4.78 is 0.